The summed E-state index contributed by atoms with van der Waals surface area (Å²) in [6.45, 7) is 7.51. The van der Waals surface area contributed by atoms with Crippen molar-refractivity contribution in [1.29, 1.82) is 0 Å². The Hall–Kier alpha value is -0.500. The molecule has 1 aromatic rings. The predicted octanol–water partition coefficient (Wildman–Crippen LogP) is 1.79. The number of hydrogen-bond acceptors (Lipinski definition) is 4. The van der Waals surface area contributed by atoms with Gasteiger partial charge in [-0.05, 0) is 26.7 Å². The fourth-order valence-corrected chi connectivity index (χ4v) is 4.62. The second-order valence-electron chi connectivity index (χ2n) is 4.87. The molecule has 0 amide bonds. The maximum absolute atomic E-state index is 11.9. The number of piperidine rings is 1. The van der Waals surface area contributed by atoms with Crippen molar-refractivity contribution >= 4 is 21.5 Å². The maximum Gasteiger partial charge on any atom is 0.279 e. The smallest absolute Gasteiger partial charge is 0.246 e. The summed E-state index contributed by atoms with van der Waals surface area (Å²) in [5.41, 5.74) is 1.10. The van der Waals surface area contributed by atoms with Crippen LogP contribution in [0.15, 0.2) is 0 Å². The highest BCUT2D eigenvalue weighted by Gasteiger charge is 2.29. The molecule has 0 aromatic carbocycles. The first-order valence-corrected chi connectivity index (χ1v) is 8.88. The van der Waals surface area contributed by atoms with Crippen molar-refractivity contribution < 1.29 is 8.42 Å². The maximum atomic E-state index is 11.9. The second kappa shape index (κ2) is 5.87. The van der Waals surface area contributed by atoms with E-state index in [1.807, 2.05) is 6.92 Å². The monoisotopic (exact) mass is 303 g/mol. The topological polar surface area (TPSA) is 62.3 Å². The number of thiazole rings is 1. The average molecular weight is 303 g/mol. The van der Waals surface area contributed by atoms with Crippen LogP contribution < -0.4 is 4.72 Å². The lowest BCUT2D eigenvalue weighted by molar-refractivity contribution is 0.315. The Bertz CT molecular complexity index is 512. The lowest BCUT2D eigenvalue weighted by Crippen LogP contribution is -2.44. The molecule has 1 aliphatic rings. The van der Waals surface area contributed by atoms with Crippen LogP contribution in [0.4, 0.5) is 0 Å². The van der Waals surface area contributed by atoms with E-state index < -0.39 is 10.2 Å². The molecule has 0 saturated carbocycles. The minimum atomic E-state index is -3.28. The highest BCUT2D eigenvalue weighted by atomic mass is 32.2. The number of nitrogens with one attached hydrogen (secondary N) is 1. The molecule has 1 saturated heterocycles. The number of aromatic nitrogens is 1. The fourth-order valence-electron chi connectivity index (χ4n) is 2.29. The number of aryl methyl sites for hydroxylation is 2. The van der Waals surface area contributed by atoms with Crippen molar-refractivity contribution in [3.05, 3.63) is 15.6 Å². The van der Waals surface area contributed by atoms with Gasteiger partial charge in [-0.3, -0.25) is 0 Å². The lowest BCUT2D eigenvalue weighted by Gasteiger charge is -2.30. The van der Waals surface area contributed by atoms with Crippen LogP contribution in [0.5, 0.6) is 0 Å². The summed E-state index contributed by atoms with van der Waals surface area (Å²) in [7, 11) is -3.28. The molecule has 1 aromatic heterocycles. The molecular formula is C12H21N3O2S2. The summed E-state index contributed by atoms with van der Waals surface area (Å²) in [5.74, 6) is 0.408. The summed E-state index contributed by atoms with van der Waals surface area (Å²) in [6.07, 6.45) is 1.72. The Morgan fingerprint density at radius 2 is 2.00 bits per heavy atom. The molecule has 2 rings (SSSR count). The van der Waals surface area contributed by atoms with Crippen LogP contribution >= 0.6 is 11.3 Å². The van der Waals surface area contributed by atoms with E-state index in [2.05, 4.69) is 16.6 Å². The Balaban J connectivity index is 1.99. The third-order valence-corrected chi connectivity index (χ3v) is 6.45. The second-order valence-corrected chi connectivity index (χ2v) is 7.86. The van der Waals surface area contributed by atoms with Gasteiger partial charge in [0.15, 0.2) is 0 Å². The van der Waals surface area contributed by atoms with Crippen LogP contribution in [0, 0.1) is 13.8 Å². The third kappa shape index (κ3) is 3.34. The molecule has 19 heavy (non-hydrogen) atoms. The van der Waals surface area contributed by atoms with Gasteiger partial charge in [-0.1, -0.05) is 6.92 Å². The van der Waals surface area contributed by atoms with Crippen molar-refractivity contribution in [2.75, 3.05) is 19.6 Å². The Morgan fingerprint density at radius 3 is 2.47 bits per heavy atom. The average Bonchev–Trinajstić information content (AvgIpc) is 2.70. The number of nitrogens with zero attached hydrogens (tertiary/aromatic N) is 2. The molecular weight excluding hydrogens is 282 g/mol. The summed E-state index contributed by atoms with van der Waals surface area (Å²) in [4.78, 5) is 5.85. The molecule has 0 spiro atoms. The van der Waals surface area contributed by atoms with Crippen LogP contribution in [0.25, 0.3) is 0 Å². The summed E-state index contributed by atoms with van der Waals surface area (Å²) < 4.78 is 27.9. The molecule has 0 unspecified atom stereocenters. The SMILES string of the molecule is CCNS(=O)(=O)N1CCC(c2nc(C)c(C)s2)CC1. The zero-order valence-electron chi connectivity index (χ0n) is 11.6. The van der Waals surface area contributed by atoms with Crippen molar-refractivity contribution in [2.45, 2.75) is 39.5 Å². The molecule has 7 heteroatoms. The largest absolute Gasteiger partial charge is 0.279 e. The van der Waals surface area contributed by atoms with E-state index in [9.17, 15) is 8.42 Å². The molecule has 1 fully saturated rings. The van der Waals surface area contributed by atoms with E-state index in [1.54, 1.807) is 22.6 Å². The van der Waals surface area contributed by atoms with Gasteiger partial charge in [0.25, 0.3) is 10.2 Å². The van der Waals surface area contributed by atoms with E-state index >= 15 is 0 Å². The fraction of sp³-hybridized carbons (Fsp3) is 0.750. The normalized spacial score (nSPS) is 18.9. The number of hydrogen-bond donors (Lipinski definition) is 1. The minimum absolute atomic E-state index is 0.408. The van der Waals surface area contributed by atoms with Crippen LogP contribution in [-0.4, -0.2) is 37.3 Å². The van der Waals surface area contributed by atoms with Gasteiger partial charge in [-0.15, -0.1) is 11.3 Å². The first-order chi connectivity index (χ1) is 8.94. The van der Waals surface area contributed by atoms with Crippen LogP contribution in [0.2, 0.25) is 0 Å². The molecule has 0 atom stereocenters. The molecule has 108 valence electrons. The van der Waals surface area contributed by atoms with E-state index in [4.69, 9.17) is 0 Å². The molecule has 5 nitrogen and oxygen atoms in total. The van der Waals surface area contributed by atoms with Crippen LogP contribution in [0.3, 0.4) is 0 Å². The van der Waals surface area contributed by atoms with Crippen molar-refractivity contribution in [2.24, 2.45) is 0 Å². The zero-order valence-corrected chi connectivity index (χ0v) is 13.3. The molecule has 1 N–H and O–H groups in total. The van der Waals surface area contributed by atoms with E-state index in [1.165, 1.54) is 4.88 Å². The van der Waals surface area contributed by atoms with Crippen LogP contribution in [0.1, 0.15) is 41.3 Å². The van der Waals surface area contributed by atoms with Gasteiger partial charge < -0.3 is 0 Å². The number of rotatable bonds is 4. The highest BCUT2D eigenvalue weighted by molar-refractivity contribution is 7.87. The van der Waals surface area contributed by atoms with Crippen LogP contribution in [-0.2, 0) is 10.2 Å². The summed E-state index contributed by atoms with van der Waals surface area (Å²) in [6, 6.07) is 0. The van der Waals surface area contributed by atoms with Gasteiger partial charge in [0.1, 0.15) is 0 Å². The molecule has 0 radical (unpaired) electrons. The Kier molecular flexibility index (Phi) is 4.60. The Morgan fingerprint density at radius 1 is 1.37 bits per heavy atom. The van der Waals surface area contributed by atoms with Crippen molar-refractivity contribution in [3.8, 4) is 0 Å². The minimum Gasteiger partial charge on any atom is -0.246 e. The highest BCUT2D eigenvalue weighted by Crippen LogP contribution is 2.32. The van der Waals surface area contributed by atoms with Gasteiger partial charge in [0.05, 0.1) is 10.7 Å². The quantitative estimate of drug-likeness (QED) is 0.922. The molecule has 2 heterocycles. The standard InChI is InChI=1S/C12H21N3O2S2/c1-4-13-19(16,17)15-7-5-11(6-8-15)12-14-9(2)10(3)18-12/h11,13H,4-8H2,1-3H3. The van der Waals surface area contributed by atoms with Gasteiger partial charge in [0.2, 0.25) is 0 Å². The summed E-state index contributed by atoms with van der Waals surface area (Å²) in [5, 5.41) is 1.16. The lowest BCUT2D eigenvalue weighted by atomic mass is 9.99. The zero-order chi connectivity index (χ0) is 14.0. The Labute approximate surface area is 119 Å². The van der Waals surface area contributed by atoms with Gasteiger partial charge in [0, 0.05) is 30.4 Å². The van der Waals surface area contributed by atoms with E-state index in [-0.39, 0.29) is 0 Å². The first-order valence-electron chi connectivity index (χ1n) is 6.62. The van der Waals surface area contributed by atoms with E-state index in [0.29, 0.717) is 25.6 Å². The van der Waals surface area contributed by atoms with Gasteiger partial charge >= 0.3 is 0 Å². The van der Waals surface area contributed by atoms with Crippen molar-refractivity contribution in [3.63, 3.8) is 0 Å². The molecule has 0 bridgehead atoms. The molecule has 0 aliphatic carbocycles. The molecule has 1 aliphatic heterocycles. The van der Waals surface area contributed by atoms with Gasteiger partial charge in [-0.2, -0.15) is 12.7 Å². The summed E-state index contributed by atoms with van der Waals surface area (Å²) >= 11 is 1.75. The van der Waals surface area contributed by atoms with Gasteiger partial charge in [-0.25, -0.2) is 9.71 Å². The first kappa shape index (κ1) is 14.9. The predicted molar refractivity (Wildman–Crippen MR) is 77.7 cm³/mol. The third-order valence-electron chi connectivity index (χ3n) is 3.51. The van der Waals surface area contributed by atoms with E-state index in [0.717, 1.165) is 23.5 Å². The van der Waals surface area contributed by atoms with Crippen molar-refractivity contribution in [1.82, 2.24) is 14.0 Å².